The summed E-state index contributed by atoms with van der Waals surface area (Å²) in [4.78, 5) is 49.8. The summed E-state index contributed by atoms with van der Waals surface area (Å²) in [6.07, 6.45) is 2.52. The van der Waals surface area contributed by atoms with Gasteiger partial charge in [0, 0.05) is 13.5 Å². The Kier molecular flexibility index (Phi) is 4.37. The van der Waals surface area contributed by atoms with E-state index in [4.69, 9.17) is 0 Å². The lowest BCUT2D eigenvalue weighted by Gasteiger charge is -2.33. The van der Waals surface area contributed by atoms with E-state index in [0.29, 0.717) is 12.8 Å². The number of fused-ring (bicyclic) bond motifs is 1. The van der Waals surface area contributed by atoms with Crippen molar-refractivity contribution in [1.82, 2.24) is 15.5 Å². The van der Waals surface area contributed by atoms with Crippen LogP contribution in [0, 0.1) is 23.2 Å². The number of amides is 3. The molecule has 7 nitrogen and oxygen atoms in total. The zero-order valence-electron chi connectivity index (χ0n) is 15.2. The summed E-state index contributed by atoms with van der Waals surface area (Å²) in [5, 5.41) is 5.45. The molecule has 2 saturated carbocycles. The topological polar surface area (TPSA) is 95.6 Å². The van der Waals surface area contributed by atoms with Gasteiger partial charge in [0.25, 0.3) is 0 Å². The van der Waals surface area contributed by atoms with Crippen LogP contribution in [0.15, 0.2) is 0 Å². The number of aldehydes is 1. The van der Waals surface area contributed by atoms with Crippen LogP contribution in [-0.4, -0.2) is 53.6 Å². The quantitative estimate of drug-likeness (QED) is 0.664. The van der Waals surface area contributed by atoms with E-state index in [1.807, 2.05) is 0 Å². The summed E-state index contributed by atoms with van der Waals surface area (Å²) >= 11 is 0. The van der Waals surface area contributed by atoms with Crippen LogP contribution in [0.4, 0.5) is 0 Å². The number of piperidine rings is 1. The molecular weight excluding hydrogens is 322 g/mol. The molecule has 1 saturated heterocycles. The number of carbonyl (C=O) groups excluding carboxylic acids is 4. The van der Waals surface area contributed by atoms with Crippen LogP contribution >= 0.6 is 0 Å². The minimum absolute atomic E-state index is 0.0201. The highest BCUT2D eigenvalue weighted by atomic mass is 16.2. The van der Waals surface area contributed by atoms with E-state index in [9.17, 15) is 19.2 Å². The maximum Gasteiger partial charge on any atom is 0.246 e. The van der Waals surface area contributed by atoms with Gasteiger partial charge in [-0.2, -0.15) is 0 Å². The Morgan fingerprint density at radius 2 is 1.84 bits per heavy atom. The highest BCUT2D eigenvalue weighted by Gasteiger charge is 2.69. The fourth-order valence-electron chi connectivity index (χ4n) is 4.37. The summed E-state index contributed by atoms with van der Waals surface area (Å²) in [5.74, 6) is -0.115. The van der Waals surface area contributed by atoms with E-state index in [2.05, 4.69) is 24.5 Å². The van der Waals surface area contributed by atoms with Crippen molar-refractivity contribution < 1.29 is 19.2 Å². The first-order valence-electron chi connectivity index (χ1n) is 9.01. The van der Waals surface area contributed by atoms with Crippen LogP contribution in [0.25, 0.3) is 0 Å². The summed E-state index contributed by atoms with van der Waals surface area (Å²) in [6.45, 7) is 7.78. The molecule has 3 rings (SSSR count). The monoisotopic (exact) mass is 349 g/mol. The Hall–Kier alpha value is -1.92. The van der Waals surface area contributed by atoms with E-state index >= 15 is 0 Å². The molecular formula is C18H27N3O4. The van der Waals surface area contributed by atoms with Gasteiger partial charge in [-0.25, -0.2) is 0 Å². The smallest absolute Gasteiger partial charge is 0.246 e. The molecule has 3 aliphatic rings. The zero-order chi connectivity index (χ0) is 18.5. The Labute approximate surface area is 147 Å². The number of hydrogen-bond acceptors (Lipinski definition) is 4. The molecule has 1 aliphatic heterocycles. The third-order valence-corrected chi connectivity index (χ3v) is 6.05. The van der Waals surface area contributed by atoms with Crippen molar-refractivity contribution in [1.29, 1.82) is 0 Å². The molecule has 2 aliphatic carbocycles. The van der Waals surface area contributed by atoms with Gasteiger partial charge in [0.1, 0.15) is 18.4 Å². The molecule has 3 amide bonds. The van der Waals surface area contributed by atoms with Crippen molar-refractivity contribution in [3.8, 4) is 0 Å². The molecule has 2 N–H and O–H groups in total. The molecule has 0 aromatic rings. The first-order chi connectivity index (χ1) is 11.7. The standard InChI is InChI=1S/C18H27N3O4/c1-9(8-22)19-16(24)15-13-12(18(13,3)4)7-21(15)17(25)14(11-5-6-11)20-10(2)23/h8-9,11-15H,5-7H2,1-4H3,(H,19,24)(H,20,23)/t9-,12-,13-,14-,15-/m0/s1. The van der Waals surface area contributed by atoms with Gasteiger partial charge in [-0.1, -0.05) is 13.8 Å². The molecule has 138 valence electrons. The summed E-state index contributed by atoms with van der Waals surface area (Å²) in [6, 6.07) is -1.69. The molecule has 0 unspecified atom stereocenters. The average molecular weight is 349 g/mol. The largest absolute Gasteiger partial charge is 0.345 e. The highest BCUT2D eigenvalue weighted by molar-refractivity contribution is 5.94. The molecule has 5 atom stereocenters. The first kappa shape index (κ1) is 17.9. The second kappa shape index (κ2) is 6.11. The van der Waals surface area contributed by atoms with Gasteiger partial charge >= 0.3 is 0 Å². The molecule has 0 spiro atoms. The van der Waals surface area contributed by atoms with Gasteiger partial charge in [-0.15, -0.1) is 0 Å². The summed E-state index contributed by atoms with van der Waals surface area (Å²) in [5.41, 5.74) is 0.0201. The number of likely N-dealkylation sites (tertiary alicyclic amines) is 1. The van der Waals surface area contributed by atoms with Gasteiger partial charge in [0.2, 0.25) is 17.7 Å². The van der Waals surface area contributed by atoms with Crippen molar-refractivity contribution in [2.75, 3.05) is 6.54 Å². The van der Waals surface area contributed by atoms with Crippen molar-refractivity contribution in [2.45, 2.75) is 58.7 Å². The minimum atomic E-state index is -0.583. The highest BCUT2D eigenvalue weighted by Crippen LogP contribution is 2.65. The molecule has 1 heterocycles. The number of nitrogens with zero attached hydrogens (tertiary/aromatic N) is 1. The van der Waals surface area contributed by atoms with Gasteiger partial charge in [-0.3, -0.25) is 14.4 Å². The summed E-state index contributed by atoms with van der Waals surface area (Å²) < 4.78 is 0. The lowest BCUT2D eigenvalue weighted by atomic mass is 9.99. The number of rotatable bonds is 6. The molecule has 7 heteroatoms. The Bertz CT molecular complexity index is 613. The van der Waals surface area contributed by atoms with Crippen LogP contribution in [0.3, 0.4) is 0 Å². The summed E-state index contributed by atoms with van der Waals surface area (Å²) in [7, 11) is 0. The fraction of sp³-hybridized carbons (Fsp3) is 0.778. The molecule has 0 bridgehead atoms. The normalized spacial score (nSPS) is 31.5. The Morgan fingerprint density at radius 1 is 1.20 bits per heavy atom. The molecule has 0 aromatic heterocycles. The van der Waals surface area contributed by atoms with Crippen LogP contribution in [0.5, 0.6) is 0 Å². The van der Waals surface area contributed by atoms with Gasteiger partial charge in [0.05, 0.1) is 6.04 Å². The van der Waals surface area contributed by atoms with Crippen molar-refractivity contribution >= 4 is 24.0 Å². The number of hydrogen-bond donors (Lipinski definition) is 2. The first-order valence-corrected chi connectivity index (χ1v) is 9.01. The van der Waals surface area contributed by atoms with E-state index in [0.717, 1.165) is 12.8 Å². The van der Waals surface area contributed by atoms with E-state index in [1.165, 1.54) is 6.92 Å². The second-order valence-corrected chi connectivity index (χ2v) is 8.34. The molecule has 3 fully saturated rings. The number of carbonyl (C=O) groups is 4. The zero-order valence-corrected chi connectivity index (χ0v) is 15.2. The van der Waals surface area contributed by atoms with E-state index in [1.54, 1.807) is 11.8 Å². The van der Waals surface area contributed by atoms with Crippen LogP contribution in [0.2, 0.25) is 0 Å². The third-order valence-electron chi connectivity index (χ3n) is 6.05. The molecule has 0 radical (unpaired) electrons. The van der Waals surface area contributed by atoms with Gasteiger partial charge in [0.15, 0.2) is 0 Å². The van der Waals surface area contributed by atoms with Gasteiger partial charge in [-0.05, 0) is 42.9 Å². The van der Waals surface area contributed by atoms with E-state index < -0.39 is 18.1 Å². The lowest BCUT2D eigenvalue weighted by molar-refractivity contribution is -0.143. The third kappa shape index (κ3) is 3.16. The Morgan fingerprint density at radius 3 is 2.36 bits per heavy atom. The predicted molar refractivity (Wildman–Crippen MR) is 90.3 cm³/mol. The maximum atomic E-state index is 13.1. The maximum absolute atomic E-state index is 13.1. The second-order valence-electron chi connectivity index (χ2n) is 8.34. The lowest BCUT2D eigenvalue weighted by Crippen LogP contribution is -2.57. The predicted octanol–water partition coefficient (Wildman–Crippen LogP) is 0.0877. The average Bonchev–Trinajstić information content (AvgIpc) is 3.40. The van der Waals surface area contributed by atoms with Crippen LogP contribution in [-0.2, 0) is 19.2 Å². The minimum Gasteiger partial charge on any atom is -0.345 e. The van der Waals surface area contributed by atoms with Crippen molar-refractivity contribution in [3.63, 3.8) is 0 Å². The Balaban J connectivity index is 1.79. The SMILES string of the molecule is CC(=O)N[C@H](C(=O)N1C[C@H]2[C@@H]([C@H]1C(=O)N[C@@H](C)C=O)C2(C)C)C1CC1. The number of nitrogens with one attached hydrogen (secondary N) is 2. The van der Waals surface area contributed by atoms with Crippen LogP contribution in [0.1, 0.15) is 40.5 Å². The van der Waals surface area contributed by atoms with Crippen molar-refractivity contribution in [2.24, 2.45) is 23.2 Å². The van der Waals surface area contributed by atoms with Gasteiger partial charge < -0.3 is 20.3 Å². The fourth-order valence-corrected chi connectivity index (χ4v) is 4.37. The van der Waals surface area contributed by atoms with E-state index in [-0.39, 0.29) is 40.9 Å². The van der Waals surface area contributed by atoms with Crippen LogP contribution < -0.4 is 10.6 Å². The molecule has 25 heavy (non-hydrogen) atoms. The molecule has 0 aromatic carbocycles. The van der Waals surface area contributed by atoms with Crippen molar-refractivity contribution in [3.05, 3.63) is 0 Å².